The van der Waals surface area contributed by atoms with Crippen LogP contribution in [0.3, 0.4) is 0 Å². The first-order valence-electron chi connectivity index (χ1n) is 6.03. The summed E-state index contributed by atoms with van der Waals surface area (Å²) in [7, 11) is 1.68. The van der Waals surface area contributed by atoms with Gasteiger partial charge in [0, 0.05) is 11.9 Å². The summed E-state index contributed by atoms with van der Waals surface area (Å²) in [6, 6.07) is 6.58. The maximum atomic E-state index is 14.0. The first kappa shape index (κ1) is 14.0. The molecular weight excluding hydrogens is 266 g/mol. The van der Waals surface area contributed by atoms with Crippen molar-refractivity contribution in [3.8, 4) is 0 Å². The molecule has 19 heavy (non-hydrogen) atoms. The molecule has 0 fully saturated rings. The molecular formula is C14H16F2N2S. The SMILES string of the molecule is CN(Cc1cccs1)c1c(F)cc(CCN)cc1F. The van der Waals surface area contributed by atoms with Gasteiger partial charge in [-0.15, -0.1) is 11.3 Å². The van der Waals surface area contributed by atoms with Crippen molar-refractivity contribution in [1.29, 1.82) is 0 Å². The highest BCUT2D eigenvalue weighted by molar-refractivity contribution is 7.09. The second-order valence-electron chi connectivity index (χ2n) is 4.38. The molecule has 5 heteroatoms. The molecule has 102 valence electrons. The van der Waals surface area contributed by atoms with E-state index in [4.69, 9.17) is 5.73 Å². The Morgan fingerprint density at radius 1 is 1.26 bits per heavy atom. The van der Waals surface area contributed by atoms with Crippen LogP contribution in [0.25, 0.3) is 0 Å². The van der Waals surface area contributed by atoms with Crippen LogP contribution in [-0.4, -0.2) is 13.6 Å². The van der Waals surface area contributed by atoms with E-state index in [-0.39, 0.29) is 5.69 Å². The second-order valence-corrected chi connectivity index (χ2v) is 5.41. The van der Waals surface area contributed by atoms with Gasteiger partial charge in [0.15, 0.2) is 0 Å². The van der Waals surface area contributed by atoms with Gasteiger partial charge in [0.05, 0.1) is 6.54 Å². The predicted molar refractivity (Wildman–Crippen MR) is 75.5 cm³/mol. The third-order valence-corrected chi connectivity index (χ3v) is 3.73. The number of hydrogen-bond donors (Lipinski definition) is 1. The molecule has 0 amide bonds. The van der Waals surface area contributed by atoms with Gasteiger partial charge < -0.3 is 10.6 Å². The third kappa shape index (κ3) is 3.30. The Morgan fingerprint density at radius 2 is 1.95 bits per heavy atom. The Bertz CT molecular complexity index is 517. The Morgan fingerprint density at radius 3 is 2.47 bits per heavy atom. The number of benzene rings is 1. The minimum Gasteiger partial charge on any atom is -0.365 e. The number of hydrogen-bond acceptors (Lipinski definition) is 3. The summed E-state index contributed by atoms with van der Waals surface area (Å²) in [6.45, 7) is 0.866. The number of thiophene rings is 1. The molecule has 0 aliphatic carbocycles. The van der Waals surface area contributed by atoms with Crippen LogP contribution in [0.4, 0.5) is 14.5 Å². The molecule has 0 aliphatic heterocycles. The van der Waals surface area contributed by atoms with Gasteiger partial charge in [-0.2, -0.15) is 0 Å². The van der Waals surface area contributed by atoms with E-state index in [1.807, 2.05) is 17.5 Å². The minimum absolute atomic E-state index is 0.00849. The minimum atomic E-state index is -0.539. The second kappa shape index (κ2) is 6.12. The lowest BCUT2D eigenvalue weighted by Crippen LogP contribution is -2.19. The molecule has 2 N–H and O–H groups in total. The summed E-state index contributed by atoms with van der Waals surface area (Å²) >= 11 is 1.57. The lowest BCUT2D eigenvalue weighted by molar-refractivity contribution is 0.573. The van der Waals surface area contributed by atoms with E-state index < -0.39 is 11.6 Å². The molecule has 0 aliphatic rings. The van der Waals surface area contributed by atoms with Crippen LogP contribution in [0, 0.1) is 11.6 Å². The zero-order valence-corrected chi connectivity index (χ0v) is 11.5. The molecule has 2 rings (SSSR count). The van der Waals surface area contributed by atoms with E-state index in [0.717, 1.165) is 4.88 Å². The molecule has 0 radical (unpaired) electrons. The molecule has 2 aromatic rings. The molecule has 0 unspecified atom stereocenters. The van der Waals surface area contributed by atoms with Crippen molar-refractivity contribution in [2.24, 2.45) is 5.73 Å². The molecule has 2 nitrogen and oxygen atoms in total. The van der Waals surface area contributed by atoms with E-state index >= 15 is 0 Å². The van der Waals surface area contributed by atoms with Gasteiger partial charge in [-0.1, -0.05) is 6.07 Å². The van der Waals surface area contributed by atoms with Crippen molar-refractivity contribution < 1.29 is 8.78 Å². The van der Waals surface area contributed by atoms with Gasteiger partial charge in [-0.3, -0.25) is 0 Å². The monoisotopic (exact) mass is 282 g/mol. The molecule has 1 aromatic carbocycles. The molecule has 1 heterocycles. The number of nitrogens with zero attached hydrogens (tertiary/aromatic N) is 1. The quantitative estimate of drug-likeness (QED) is 0.912. The zero-order valence-electron chi connectivity index (χ0n) is 10.7. The highest BCUT2D eigenvalue weighted by Gasteiger charge is 2.15. The molecule has 0 saturated heterocycles. The standard InChI is InChI=1S/C14H16F2N2S/c1-18(9-11-3-2-6-19-11)14-12(15)7-10(4-5-17)8-13(14)16/h2-3,6-8H,4-5,9,17H2,1H3. The van der Waals surface area contributed by atoms with Gasteiger partial charge in [0.2, 0.25) is 0 Å². The normalized spacial score (nSPS) is 10.7. The molecule has 0 bridgehead atoms. The van der Waals surface area contributed by atoms with Gasteiger partial charge in [0.1, 0.15) is 17.3 Å². The fraction of sp³-hybridized carbons (Fsp3) is 0.286. The van der Waals surface area contributed by atoms with Crippen molar-refractivity contribution in [3.63, 3.8) is 0 Å². The lowest BCUT2D eigenvalue weighted by atomic mass is 10.1. The van der Waals surface area contributed by atoms with E-state index in [2.05, 4.69) is 0 Å². The van der Waals surface area contributed by atoms with Crippen molar-refractivity contribution in [2.75, 3.05) is 18.5 Å². The van der Waals surface area contributed by atoms with Crippen LogP contribution in [0.2, 0.25) is 0 Å². The van der Waals surface area contributed by atoms with E-state index in [1.165, 1.54) is 12.1 Å². The van der Waals surface area contributed by atoms with Crippen LogP contribution in [-0.2, 0) is 13.0 Å². The summed E-state index contributed by atoms with van der Waals surface area (Å²) in [5.41, 5.74) is 5.99. The van der Waals surface area contributed by atoms with Crippen molar-refractivity contribution in [3.05, 3.63) is 51.7 Å². The smallest absolute Gasteiger partial charge is 0.149 e. The number of halogens is 2. The number of anilines is 1. The number of rotatable bonds is 5. The average molecular weight is 282 g/mol. The summed E-state index contributed by atoms with van der Waals surface area (Å²) in [4.78, 5) is 2.65. The van der Waals surface area contributed by atoms with Crippen molar-refractivity contribution >= 4 is 17.0 Å². The first-order chi connectivity index (χ1) is 9.11. The Kier molecular flexibility index (Phi) is 4.50. The Labute approximate surface area is 115 Å². The molecule has 0 saturated carbocycles. The topological polar surface area (TPSA) is 29.3 Å². The lowest BCUT2D eigenvalue weighted by Gasteiger charge is -2.20. The molecule has 0 atom stereocenters. The third-order valence-electron chi connectivity index (χ3n) is 2.86. The molecule has 0 spiro atoms. The van der Waals surface area contributed by atoms with E-state index in [0.29, 0.717) is 25.1 Å². The van der Waals surface area contributed by atoms with Crippen LogP contribution in [0.15, 0.2) is 29.6 Å². The number of nitrogens with two attached hydrogens (primary N) is 1. The van der Waals surface area contributed by atoms with Crippen LogP contribution in [0.1, 0.15) is 10.4 Å². The maximum Gasteiger partial charge on any atom is 0.149 e. The van der Waals surface area contributed by atoms with Gasteiger partial charge in [-0.25, -0.2) is 8.78 Å². The summed E-state index contributed by atoms with van der Waals surface area (Å²) in [5.74, 6) is -1.08. The van der Waals surface area contributed by atoms with E-state index in [1.54, 1.807) is 23.3 Å². The van der Waals surface area contributed by atoms with Gasteiger partial charge in [0.25, 0.3) is 0 Å². The summed E-state index contributed by atoms with van der Waals surface area (Å²) < 4.78 is 28.0. The zero-order chi connectivity index (χ0) is 13.8. The highest BCUT2D eigenvalue weighted by Crippen LogP contribution is 2.26. The summed E-state index contributed by atoms with van der Waals surface area (Å²) in [6.07, 6.45) is 0.475. The van der Waals surface area contributed by atoms with E-state index in [9.17, 15) is 8.78 Å². The Balaban J connectivity index is 2.23. The van der Waals surface area contributed by atoms with Gasteiger partial charge >= 0.3 is 0 Å². The maximum absolute atomic E-state index is 14.0. The Hall–Kier alpha value is -1.46. The van der Waals surface area contributed by atoms with Crippen LogP contribution < -0.4 is 10.6 Å². The summed E-state index contributed by atoms with van der Waals surface area (Å²) in [5, 5.41) is 1.94. The fourth-order valence-electron chi connectivity index (χ4n) is 2.01. The fourth-order valence-corrected chi connectivity index (χ4v) is 2.77. The highest BCUT2D eigenvalue weighted by atomic mass is 32.1. The van der Waals surface area contributed by atoms with Crippen molar-refractivity contribution in [2.45, 2.75) is 13.0 Å². The predicted octanol–water partition coefficient (Wildman–Crippen LogP) is 3.16. The molecule has 1 aromatic heterocycles. The van der Waals surface area contributed by atoms with Crippen LogP contribution >= 0.6 is 11.3 Å². The van der Waals surface area contributed by atoms with Gasteiger partial charge in [-0.05, 0) is 42.1 Å². The largest absolute Gasteiger partial charge is 0.365 e. The average Bonchev–Trinajstić information content (AvgIpc) is 2.81. The van der Waals surface area contributed by atoms with Crippen LogP contribution in [0.5, 0.6) is 0 Å². The first-order valence-corrected chi connectivity index (χ1v) is 6.91. The van der Waals surface area contributed by atoms with Crippen molar-refractivity contribution in [1.82, 2.24) is 0 Å².